The molecule has 0 heterocycles. The second kappa shape index (κ2) is 6.75. The molecule has 3 N–H and O–H groups in total. The van der Waals surface area contributed by atoms with Crippen LogP contribution in [-0.4, -0.2) is 41.7 Å². The first-order valence-electron chi connectivity index (χ1n) is 4.96. The Hall–Kier alpha value is -0.750. The fraction of sp³-hybridized carbons (Fsp3) is 0.800. The van der Waals surface area contributed by atoms with E-state index in [0.717, 1.165) is 0 Å². The second-order valence-electron chi connectivity index (χ2n) is 4.16. The van der Waals surface area contributed by atoms with Crippen molar-refractivity contribution >= 4 is 23.7 Å². The maximum atomic E-state index is 11.3. The van der Waals surface area contributed by atoms with Gasteiger partial charge < -0.3 is 15.6 Å². The monoisotopic (exact) mass is 249 g/mol. The van der Waals surface area contributed by atoms with Gasteiger partial charge in [0.2, 0.25) is 0 Å². The standard InChI is InChI=1S/C10H19NO4S/c1-10(2,9(14)15-3)6-16-5-4-7(11)8(12)13/h7H,4-6,11H2,1-3H3,(H,12,13). The van der Waals surface area contributed by atoms with Crippen molar-refractivity contribution in [3.05, 3.63) is 0 Å². The van der Waals surface area contributed by atoms with Crippen LogP contribution in [0.3, 0.4) is 0 Å². The van der Waals surface area contributed by atoms with Gasteiger partial charge in [0.15, 0.2) is 0 Å². The average molecular weight is 249 g/mol. The minimum atomic E-state index is -0.993. The van der Waals surface area contributed by atoms with Crippen molar-refractivity contribution in [3.63, 3.8) is 0 Å². The van der Waals surface area contributed by atoms with Gasteiger partial charge >= 0.3 is 11.9 Å². The molecule has 0 aromatic carbocycles. The van der Waals surface area contributed by atoms with Crippen molar-refractivity contribution in [2.24, 2.45) is 11.1 Å². The Labute approximate surface area is 99.7 Å². The summed E-state index contributed by atoms with van der Waals surface area (Å²) >= 11 is 1.51. The third kappa shape index (κ3) is 5.37. The summed E-state index contributed by atoms with van der Waals surface area (Å²) in [7, 11) is 1.36. The maximum Gasteiger partial charge on any atom is 0.320 e. The van der Waals surface area contributed by atoms with E-state index in [4.69, 9.17) is 10.8 Å². The third-order valence-corrected chi connectivity index (χ3v) is 3.54. The normalized spacial score (nSPS) is 13.2. The summed E-state index contributed by atoms with van der Waals surface area (Å²) in [4.78, 5) is 21.8. The van der Waals surface area contributed by atoms with Gasteiger partial charge in [-0.1, -0.05) is 0 Å². The summed E-state index contributed by atoms with van der Waals surface area (Å²) in [5.74, 6) is -0.0461. The number of hydrogen-bond acceptors (Lipinski definition) is 5. The molecule has 1 atom stereocenters. The van der Waals surface area contributed by atoms with Gasteiger partial charge in [0.1, 0.15) is 6.04 Å². The lowest BCUT2D eigenvalue weighted by Crippen LogP contribution is -2.31. The highest BCUT2D eigenvalue weighted by atomic mass is 32.2. The lowest BCUT2D eigenvalue weighted by molar-refractivity contribution is -0.149. The van der Waals surface area contributed by atoms with Crippen molar-refractivity contribution in [3.8, 4) is 0 Å². The number of ether oxygens (including phenoxy) is 1. The van der Waals surface area contributed by atoms with E-state index in [9.17, 15) is 9.59 Å². The average Bonchev–Trinajstić information content (AvgIpc) is 2.22. The summed E-state index contributed by atoms with van der Waals surface area (Å²) in [5, 5.41) is 8.56. The van der Waals surface area contributed by atoms with Gasteiger partial charge in [-0.2, -0.15) is 11.8 Å². The highest BCUT2D eigenvalue weighted by Gasteiger charge is 2.28. The van der Waals surface area contributed by atoms with Crippen LogP contribution in [0.4, 0.5) is 0 Å². The molecule has 94 valence electrons. The van der Waals surface area contributed by atoms with E-state index in [1.54, 1.807) is 13.8 Å². The van der Waals surface area contributed by atoms with E-state index >= 15 is 0 Å². The molecule has 0 aliphatic rings. The number of rotatable bonds is 7. The molecule has 0 amide bonds. The number of aliphatic carboxylic acids is 1. The van der Waals surface area contributed by atoms with E-state index in [-0.39, 0.29) is 5.97 Å². The zero-order valence-electron chi connectivity index (χ0n) is 9.86. The first-order valence-corrected chi connectivity index (χ1v) is 6.11. The number of thioether (sulfide) groups is 1. The Kier molecular flexibility index (Phi) is 6.43. The number of carbonyl (C=O) groups excluding carboxylic acids is 1. The van der Waals surface area contributed by atoms with Crippen LogP contribution in [0.5, 0.6) is 0 Å². The predicted octanol–water partition coefficient (Wildman–Crippen LogP) is 0.721. The summed E-state index contributed by atoms with van der Waals surface area (Å²) in [6.07, 6.45) is 0.400. The lowest BCUT2D eigenvalue weighted by Gasteiger charge is -2.20. The Bertz CT molecular complexity index is 255. The molecule has 5 nitrogen and oxygen atoms in total. The molecule has 0 spiro atoms. The molecule has 16 heavy (non-hydrogen) atoms. The zero-order valence-corrected chi connectivity index (χ0v) is 10.7. The Balaban J connectivity index is 3.82. The fourth-order valence-corrected chi connectivity index (χ4v) is 2.19. The largest absolute Gasteiger partial charge is 0.480 e. The van der Waals surface area contributed by atoms with Gasteiger partial charge in [-0.15, -0.1) is 0 Å². The molecule has 1 unspecified atom stereocenters. The highest BCUT2D eigenvalue weighted by molar-refractivity contribution is 7.99. The molecular formula is C10H19NO4S. The summed E-state index contributed by atoms with van der Waals surface area (Å²) < 4.78 is 4.66. The number of carbonyl (C=O) groups is 2. The van der Waals surface area contributed by atoms with Crippen molar-refractivity contribution in [2.45, 2.75) is 26.3 Å². The smallest absolute Gasteiger partial charge is 0.320 e. The maximum absolute atomic E-state index is 11.3. The van der Waals surface area contributed by atoms with Crippen LogP contribution in [0.25, 0.3) is 0 Å². The molecule has 0 radical (unpaired) electrons. The van der Waals surface area contributed by atoms with Crippen LogP contribution < -0.4 is 5.73 Å². The molecular weight excluding hydrogens is 230 g/mol. The van der Waals surface area contributed by atoms with E-state index in [2.05, 4.69) is 4.74 Å². The minimum absolute atomic E-state index is 0.262. The fourth-order valence-electron chi connectivity index (χ4n) is 0.996. The van der Waals surface area contributed by atoms with Crippen LogP contribution in [0, 0.1) is 5.41 Å². The SMILES string of the molecule is COC(=O)C(C)(C)CSCCC(N)C(=O)O. The molecule has 0 aromatic heterocycles. The van der Waals surface area contributed by atoms with Gasteiger partial charge in [0.25, 0.3) is 0 Å². The Morgan fingerprint density at radius 2 is 2.06 bits per heavy atom. The Morgan fingerprint density at radius 3 is 2.50 bits per heavy atom. The first kappa shape index (κ1) is 15.2. The predicted molar refractivity (Wildman–Crippen MR) is 63.4 cm³/mol. The Morgan fingerprint density at radius 1 is 1.50 bits per heavy atom. The topological polar surface area (TPSA) is 89.6 Å². The number of methoxy groups -OCH3 is 1. The van der Waals surface area contributed by atoms with E-state index < -0.39 is 17.4 Å². The quantitative estimate of drug-likeness (QED) is 0.510. The highest BCUT2D eigenvalue weighted by Crippen LogP contribution is 2.23. The van der Waals surface area contributed by atoms with Crippen molar-refractivity contribution in [1.29, 1.82) is 0 Å². The van der Waals surface area contributed by atoms with Crippen LogP contribution in [0.15, 0.2) is 0 Å². The van der Waals surface area contributed by atoms with Crippen LogP contribution >= 0.6 is 11.8 Å². The number of hydrogen-bond donors (Lipinski definition) is 2. The zero-order chi connectivity index (χ0) is 12.8. The van der Waals surface area contributed by atoms with Crippen LogP contribution in [0.1, 0.15) is 20.3 Å². The number of esters is 1. The van der Waals surface area contributed by atoms with Crippen LogP contribution in [-0.2, 0) is 14.3 Å². The molecule has 0 saturated carbocycles. The lowest BCUT2D eigenvalue weighted by atomic mass is 9.97. The second-order valence-corrected chi connectivity index (χ2v) is 5.27. The molecule has 0 aliphatic heterocycles. The van der Waals surface area contributed by atoms with E-state index in [1.807, 2.05) is 0 Å². The molecule has 0 fully saturated rings. The number of carboxylic acids is 1. The van der Waals surface area contributed by atoms with Crippen molar-refractivity contribution in [2.75, 3.05) is 18.6 Å². The van der Waals surface area contributed by atoms with Crippen molar-refractivity contribution in [1.82, 2.24) is 0 Å². The van der Waals surface area contributed by atoms with Gasteiger partial charge in [0, 0.05) is 5.75 Å². The van der Waals surface area contributed by atoms with Gasteiger partial charge in [-0.25, -0.2) is 0 Å². The summed E-state index contributed by atoms with van der Waals surface area (Å²) in [6, 6.07) is -0.825. The molecule has 0 rings (SSSR count). The van der Waals surface area contributed by atoms with Gasteiger partial charge in [0.05, 0.1) is 12.5 Å². The van der Waals surface area contributed by atoms with Crippen LogP contribution in [0.2, 0.25) is 0 Å². The van der Waals surface area contributed by atoms with Crippen molar-refractivity contribution < 1.29 is 19.4 Å². The van der Waals surface area contributed by atoms with E-state index in [1.165, 1.54) is 18.9 Å². The minimum Gasteiger partial charge on any atom is -0.480 e. The van der Waals surface area contributed by atoms with E-state index in [0.29, 0.717) is 17.9 Å². The van der Waals surface area contributed by atoms with Gasteiger partial charge in [-0.05, 0) is 26.0 Å². The summed E-state index contributed by atoms with van der Waals surface area (Å²) in [5.41, 5.74) is 4.80. The molecule has 0 bridgehead atoms. The molecule has 0 aromatic rings. The molecule has 6 heteroatoms. The van der Waals surface area contributed by atoms with Gasteiger partial charge in [-0.3, -0.25) is 9.59 Å². The molecule has 0 saturated heterocycles. The summed E-state index contributed by atoms with van der Waals surface area (Å²) in [6.45, 7) is 3.59. The first-order chi connectivity index (χ1) is 7.31. The number of nitrogens with two attached hydrogens (primary N) is 1. The number of carboxylic acid groups (broad SMARTS) is 1. The molecule has 0 aliphatic carbocycles. The third-order valence-electron chi connectivity index (χ3n) is 2.09.